The van der Waals surface area contributed by atoms with E-state index in [1.54, 1.807) is 19.4 Å². The molecular weight excluding hydrogens is 282 g/mol. The summed E-state index contributed by atoms with van der Waals surface area (Å²) in [4.78, 5) is 12.9. The molecule has 0 saturated carbocycles. The van der Waals surface area contributed by atoms with Crippen molar-refractivity contribution < 1.29 is 9.26 Å². The molecule has 0 saturated heterocycles. The van der Waals surface area contributed by atoms with Crippen molar-refractivity contribution >= 4 is 0 Å². The molecule has 4 heterocycles. The molecule has 1 atom stereocenters. The number of imidazole rings is 1. The first kappa shape index (κ1) is 13.0. The van der Waals surface area contributed by atoms with Gasteiger partial charge in [-0.1, -0.05) is 5.16 Å². The van der Waals surface area contributed by atoms with Gasteiger partial charge in [0.05, 0.1) is 13.4 Å². The summed E-state index contributed by atoms with van der Waals surface area (Å²) in [7, 11) is 1.59. The highest BCUT2D eigenvalue weighted by molar-refractivity contribution is 5.53. The van der Waals surface area contributed by atoms with Crippen LogP contribution in [-0.4, -0.2) is 31.8 Å². The summed E-state index contributed by atoms with van der Waals surface area (Å²) >= 11 is 0. The highest BCUT2D eigenvalue weighted by Crippen LogP contribution is 2.29. The number of nitrogens with zero attached hydrogens (tertiary/aromatic N) is 5. The summed E-state index contributed by atoms with van der Waals surface area (Å²) in [5.74, 6) is 2.05. The summed E-state index contributed by atoms with van der Waals surface area (Å²) in [5, 5.41) is 4.07. The Hall–Kier alpha value is -2.70. The van der Waals surface area contributed by atoms with Crippen LogP contribution >= 0.6 is 0 Å². The molecule has 0 radical (unpaired) electrons. The molecular formula is C15H15N5O2. The van der Waals surface area contributed by atoms with E-state index in [1.165, 1.54) is 5.69 Å². The lowest BCUT2D eigenvalue weighted by Crippen LogP contribution is -2.17. The predicted molar refractivity (Wildman–Crippen MR) is 77.4 cm³/mol. The van der Waals surface area contributed by atoms with Gasteiger partial charge in [-0.2, -0.15) is 4.98 Å². The number of fused-ring (bicyclic) bond motifs is 1. The maximum atomic E-state index is 5.46. The SMILES string of the molecule is COc1ccc(-c2noc([C@H]3CCn4cncc4C3)n2)cn1. The lowest BCUT2D eigenvalue weighted by Gasteiger charge is -2.20. The summed E-state index contributed by atoms with van der Waals surface area (Å²) in [5.41, 5.74) is 2.03. The zero-order valence-corrected chi connectivity index (χ0v) is 12.1. The minimum atomic E-state index is 0.247. The van der Waals surface area contributed by atoms with Crippen molar-refractivity contribution in [2.45, 2.75) is 25.3 Å². The van der Waals surface area contributed by atoms with Gasteiger partial charge in [0.1, 0.15) is 0 Å². The Kier molecular flexibility index (Phi) is 3.10. The fourth-order valence-electron chi connectivity index (χ4n) is 2.73. The molecule has 0 spiro atoms. The van der Waals surface area contributed by atoms with Crippen molar-refractivity contribution in [1.29, 1.82) is 0 Å². The van der Waals surface area contributed by atoms with Gasteiger partial charge in [0.2, 0.25) is 17.6 Å². The normalized spacial score (nSPS) is 17.2. The maximum absolute atomic E-state index is 5.46. The van der Waals surface area contributed by atoms with Crippen molar-refractivity contribution in [3.63, 3.8) is 0 Å². The van der Waals surface area contributed by atoms with Crippen LogP contribution in [0.3, 0.4) is 0 Å². The van der Waals surface area contributed by atoms with Gasteiger partial charge in [-0.3, -0.25) is 0 Å². The number of rotatable bonds is 3. The van der Waals surface area contributed by atoms with Crippen LogP contribution in [0.2, 0.25) is 0 Å². The number of aromatic nitrogens is 5. The Bertz CT molecular complexity index is 777. The third-order valence-corrected chi connectivity index (χ3v) is 3.97. The maximum Gasteiger partial charge on any atom is 0.230 e. The minimum Gasteiger partial charge on any atom is -0.481 e. The number of aryl methyl sites for hydroxylation is 1. The number of hydrogen-bond acceptors (Lipinski definition) is 6. The molecule has 0 fully saturated rings. The molecule has 0 aliphatic carbocycles. The molecule has 7 heteroatoms. The Morgan fingerprint density at radius 1 is 1.32 bits per heavy atom. The molecule has 7 nitrogen and oxygen atoms in total. The van der Waals surface area contributed by atoms with Crippen LogP contribution in [0.25, 0.3) is 11.4 Å². The standard InChI is InChI=1S/C15H15N5O2/c1-21-13-3-2-11(7-17-13)14-18-15(22-19-14)10-4-5-20-9-16-8-12(20)6-10/h2-3,7-10H,4-6H2,1H3/t10-/m0/s1. The van der Waals surface area contributed by atoms with E-state index in [-0.39, 0.29) is 5.92 Å². The first-order valence-corrected chi connectivity index (χ1v) is 7.16. The summed E-state index contributed by atoms with van der Waals surface area (Å²) in [6, 6.07) is 3.65. The van der Waals surface area contributed by atoms with Crippen LogP contribution in [0.5, 0.6) is 5.88 Å². The molecule has 4 rings (SSSR count). The van der Waals surface area contributed by atoms with Gasteiger partial charge in [-0.15, -0.1) is 0 Å². The fraction of sp³-hybridized carbons (Fsp3) is 0.333. The molecule has 22 heavy (non-hydrogen) atoms. The van der Waals surface area contributed by atoms with Gasteiger partial charge >= 0.3 is 0 Å². The number of pyridine rings is 1. The average Bonchev–Trinajstić information content (AvgIpc) is 3.23. The molecule has 0 bridgehead atoms. The summed E-state index contributed by atoms with van der Waals surface area (Å²) in [6.07, 6.45) is 7.31. The van der Waals surface area contributed by atoms with E-state index in [0.29, 0.717) is 17.6 Å². The average molecular weight is 297 g/mol. The molecule has 3 aromatic rings. The number of methoxy groups -OCH3 is 1. The Labute approximate surface area is 127 Å². The van der Waals surface area contributed by atoms with Gasteiger partial charge < -0.3 is 13.8 Å². The van der Waals surface area contributed by atoms with Crippen LogP contribution in [0, 0.1) is 0 Å². The van der Waals surface area contributed by atoms with Crippen molar-refractivity contribution in [1.82, 2.24) is 24.7 Å². The van der Waals surface area contributed by atoms with Crippen LogP contribution < -0.4 is 4.74 Å². The van der Waals surface area contributed by atoms with Gasteiger partial charge in [0.25, 0.3) is 0 Å². The number of ether oxygens (including phenoxy) is 1. The first-order chi connectivity index (χ1) is 10.8. The summed E-state index contributed by atoms with van der Waals surface area (Å²) < 4.78 is 12.7. The van der Waals surface area contributed by atoms with Gasteiger partial charge in [-0.25, -0.2) is 9.97 Å². The second-order valence-corrected chi connectivity index (χ2v) is 5.31. The van der Waals surface area contributed by atoms with Crippen LogP contribution in [0.1, 0.15) is 23.9 Å². The zero-order chi connectivity index (χ0) is 14.9. The Morgan fingerprint density at radius 3 is 3.09 bits per heavy atom. The van der Waals surface area contributed by atoms with Gasteiger partial charge in [0, 0.05) is 48.6 Å². The van der Waals surface area contributed by atoms with E-state index < -0.39 is 0 Å². The summed E-state index contributed by atoms with van der Waals surface area (Å²) in [6.45, 7) is 0.932. The molecule has 112 valence electrons. The zero-order valence-electron chi connectivity index (χ0n) is 12.1. The van der Waals surface area contributed by atoms with E-state index in [1.807, 2.05) is 18.6 Å². The largest absolute Gasteiger partial charge is 0.481 e. The second-order valence-electron chi connectivity index (χ2n) is 5.31. The molecule has 0 unspecified atom stereocenters. The molecule has 0 aromatic carbocycles. The Balaban J connectivity index is 1.56. The van der Waals surface area contributed by atoms with E-state index in [2.05, 4.69) is 24.7 Å². The molecule has 1 aliphatic heterocycles. The van der Waals surface area contributed by atoms with Crippen LogP contribution in [-0.2, 0) is 13.0 Å². The lowest BCUT2D eigenvalue weighted by molar-refractivity contribution is 0.325. The topological polar surface area (TPSA) is 78.9 Å². The van der Waals surface area contributed by atoms with E-state index in [0.717, 1.165) is 24.9 Å². The van der Waals surface area contributed by atoms with Crippen molar-refractivity contribution in [2.24, 2.45) is 0 Å². The van der Waals surface area contributed by atoms with E-state index in [4.69, 9.17) is 9.26 Å². The highest BCUT2D eigenvalue weighted by Gasteiger charge is 2.25. The monoisotopic (exact) mass is 297 g/mol. The van der Waals surface area contributed by atoms with Crippen LogP contribution in [0.4, 0.5) is 0 Å². The highest BCUT2D eigenvalue weighted by atomic mass is 16.5. The third-order valence-electron chi connectivity index (χ3n) is 3.97. The lowest BCUT2D eigenvalue weighted by atomic mass is 9.96. The van der Waals surface area contributed by atoms with Gasteiger partial charge in [0.15, 0.2) is 0 Å². The smallest absolute Gasteiger partial charge is 0.230 e. The molecule has 1 aliphatic rings. The van der Waals surface area contributed by atoms with Crippen molar-refractivity contribution in [3.8, 4) is 17.3 Å². The van der Waals surface area contributed by atoms with Crippen molar-refractivity contribution in [3.05, 3.63) is 42.4 Å². The fourth-order valence-corrected chi connectivity index (χ4v) is 2.73. The third kappa shape index (κ3) is 2.24. The molecule has 0 N–H and O–H groups in total. The minimum absolute atomic E-state index is 0.247. The van der Waals surface area contributed by atoms with Crippen molar-refractivity contribution in [2.75, 3.05) is 7.11 Å². The van der Waals surface area contributed by atoms with Crippen LogP contribution in [0.15, 0.2) is 35.4 Å². The number of hydrogen-bond donors (Lipinski definition) is 0. The van der Waals surface area contributed by atoms with Gasteiger partial charge in [-0.05, 0) is 12.5 Å². The quantitative estimate of drug-likeness (QED) is 0.736. The van der Waals surface area contributed by atoms with E-state index >= 15 is 0 Å². The second kappa shape index (κ2) is 5.25. The predicted octanol–water partition coefficient (Wildman–Crippen LogP) is 2.07. The first-order valence-electron chi connectivity index (χ1n) is 7.16. The van der Waals surface area contributed by atoms with E-state index in [9.17, 15) is 0 Å². The molecule has 3 aromatic heterocycles. The molecule has 0 amide bonds. The Morgan fingerprint density at radius 2 is 2.27 bits per heavy atom.